The summed E-state index contributed by atoms with van der Waals surface area (Å²) in [4.78, 5) is 21.9. The molecule has 0 atom stereocenters. The van der Waals surface area contributed by atoms with E-state index in [0.717, 1.165) is 0 Å². The first-order valence-electron chi connectivity index (χ1n) is 4.57. The van der Waals surface area contributed by atoms with Crippen molar-refractivity contribution in [3.05, 3.63) is 23.4 Å². The van der Waals surface area contributed by atoms with Crippen molar-refractivity contribution in [3.63, 3.8) is 0 Å². The lowest BCUT2D eigenvalue weighted by Gasteiger charge is -2.13. The maximum Gasteiger partial charge on any atom is 0.253 e. The third-order valence-corrected chi connectivity index (χ3v) is 1.72. The van der Waals surface area contributed by atoms with Crippen LogP contribution in [0, 0.1) is 0 Å². The molecule has 3 N–H and O–H groups in total. The van der Waals surface area contributed by atoms with Crippen molar-refractivity contribution in [1.29, 1.82) is 0 Å². The number of rotatable bonds is 1. The number of allylic oxidation sites excluding steroid dienone is 1. The summed E-state index contributed by atoms with van der Waals surface area (Å²) in [6.45, 7) is 5.66. The Morgan fingerprint density at radius 2 is 1.93 bits per heavy atom. The minimum Gasteiger partial charge on any atom is -0.405 e. The van der Waals surface area contributed by atoms with E-state index < -0.39 is 0 Å². The van der Waals surface area contributed by atoms with Gasteiger partial charge in [-0.3, -0.25) is 14.9 Å². The van der Waals surface area contributed by atoms with Crippen LogP contribution in [0.15, 0.2) is 23.4 Å². The molecular formula is C10H16N2O2. The highest BCUT2D eigenvalue weighted by Crippen LogP contribution is 2.14. The second-order valence-corrected chi connectivity index (χ2v) is 2.56. The van der Waals surface area contributed by atoms with Gasteiger partial charge in [0.05, 0.1) is 6.42 Å². The highest BCUT2D eigenvalue weighted by atomic mass is 16.2. The quantitative estimate of drug-likeness (QED) is 0.611. The summed E-state index contributed by atoms with van der Waals surface area (Å²) >= 11 is 0. The molecule has 0 saturated heterocycles. The van der Waals surface area contributed by atoms with Crippen molar-refractivity contribution in [3.8, 4) is 0 Å². The molecule has 0 radical (unpaired) electrons. The van der Waals surface area contributed by atoms with Crippen molar-refractivity contribution >= 4 is 11.8 Å². The summed E-state index contributed by atoms with van der Waals surface area (Å²) in [7, 11) is 0. The summed E-state index contributed by atoms with van der Waals surface area (Å²) in [5.74, 6) is -0.613. The molecule has 0 aromatic heterocycles. The highest BCUT2D eigenvalue weighted by Gasteiger charge is 2.19. The van der Waals surface area contributed by atoms with Crippen LogP contribution in [0.25, 0.3) is 0 Å². The Labute approximate surface area is 83.9 Å². The van der Waals surface area contributed by atoms with Gasteiger partial charge in [-0.25, -0.2) is 0 Å². The number of carbonyl (C=O) groups excluding carboxylic acids is 2. The average Bonchev–Trinajstić information content (AvgIpc) is 2.17. The normalized spacial score (nSPS) is 16.5. The zero-order valence-corrected chi connectivity index (χ0v) is 8.76. The van der Waals surface area contributed by atoms with Gasteiger partial charge in [0.1, 0.15) is 0 Å². The molecule has 0 aliphatic carbocycles. The fourth-order valence-corrected chi connectivity index (χ4v) is 1.02. The summed E-state index contributed by atoms with van der Waals surface area (Å²) in [5.41, 5.74) is 6.39. The molecule has 0 saturated carbocycles. The number of carbonyl (C=O) groups is 2. The molecule has 0 spiro atoms. The van der Waals surface area contributed by atoms with Crippen LogP contribution in [-0.2, 0) is 9.59 Å². The monoisotopic (exact) mass is 196 g/mol. The zero-order valence-electron chi connectivity index (χ0n) is 8.76. The van der Waals surface area contributed by atoms with Gasteiger partial charge in [0.15, 0.2) is 0 Å². The molecule has 1 aliphatic heterocycles. The lowest BCUT2D eigenvalue weighted by Crippen LogP contribution is -2.35. The molecule has 4 heteroatoms. The van der Waals surface area contributed by atoms with Crippen LogP contribution < -0.4 is 11.1 Å². The van der Waals surface area contributed by atoms with Crippen LogP contribution in [0.2, 0.25) is 0 Å². The van der Waals surface area contributed by atoms with Crippen LogP contribution in [0.4, 0.5) is 0 Å². The maximum absolute atomic E-state index is 11.0. The Hall–Kier alpha value is -1.58. The molecule has 1 heterocycles. The van der Waals surface area contributed by atoms with Crippen molar-refractivity contribution in [2.24, 2.45) is 5.73 Å². The fourth-order valence-electron chi connectivity index (χ4n) is 1.02. The zero-order chi connectivity index (χ0) is 11.1. The van der Waals surface area contributed by atoms with Crippen LogP contribution in [0.5, 0.6) is 0 Å². The lowest BCUT2D eigenvalue weighted by molar-refractivity contribution is -0.128. The van der Waals surface area contributed by atoms with Gasteiger partial charge in [0, 0.05) is 5.57 Å². The number of nitrogens with two attached hydrogens (primary N) is 1. The Morgan fingerprint density at radius 3 is 2.43 bits per heavy atom. The topological polar surface area (TPSA) is 72.2 Å². The molecule has 0 bridgehead atoms. The van der Waals surface area contributed by atoms with Gasteiger partial charge < -0.3 is 5.73 Å². The highest BCUT2D eigenvalue weighted by molar-refractivity contribution is 6.08. The van der Waals surface area contributed by atoms with E-state index in [1.54, 1.807) is 13.0 Å². The minimum absolute atomic E-state index is 0.227. The number of imide groups is 1. The SMILES string of the molecule is CC.CC1=C(/C=C\N)CC(=O)NC1=O. The average molecular weight is 196 g/mol. The second-order valence-electron chi connectivity index (χ2n) is 2.56. The van der Waals surface area contributed by atoms with Crippen LogP contribution >= 0.6 is 0 Å². The molecule has 4 nitrogen and oxygen atoms in total. The van der Waals surface area contributed by atoms with Crippen molar-refractivity contribution in [2.45, 2.75) is 27.2 Å². The molecule has 2 amide bonds. The fraction of sp³-hybridized carbons (Fsp3) is 0.400. The molecule has 78 valence electrons. The molecule has 0 unspecified atom stereocenters. The van der Waals surface area contributed by atoms with Crippen molar-refractivity contribution < 1.29 is 9.59 Å². The minimum atomic E-state index is -0.334. The maximum atomic E-state index is 11.0. The van der Waals surface area contributed by atoms with E-state index in [-0.39, 0.29) is 18.2 Å². The predicted molar refractivity (Wildman–Crippen MR) is 55.1 cm³/mol. The third kappa shape index (κ3) is 3.05. The van der Waals surface area contributed by atoms with E-state index in [4.69, 9.17) is 5.73 Å². The van der Waals surface area contributed by atoms with E-state index in [1.165, 1.54) is 6.20 Å². The molecular weight excluding hydrogens is 180 g/mol. The molecule has 0 aromatic carbocycles. The van der Waals surface area contributed by atoms with Gasteiger partial charge in [-0.1, -0.05) is 13.8 Å². The molecule has 0 aromatic rings. The Kier molecular flexibility index (Phi) is 5.29. The van der Waals surface area contributed by atoms with Crippen LogP contribution in [0.3, 0.4) is 0 Å². The largest absolute Gasteiger partial charge is 0.405 e. The van der Waals surface area contributed by atoms with Gasteiger partial charge in [-0.15, -0.1) is 0 Å². The standard InChI is InChI=1S/C8H10N2O2.C2H6/c1-5-6(2-3-9)4-7(11)10-8(5)12;1-2/h2-3H,4,9H2,1H3,(H,10,11,12);1-2H3/b3-2-;. The second kappa shape index (κ2) is 5.96. The first-order chi connectivity index (χ1) is 6.65. The third-order valence-electron chi connectivity index (χ3n) is 1.72. The summed E-state index contributed by atoms with van der Waals surface area (Å²) < 4.78 is 0. The van der Waals surface area contributed by atoms with Crippen LogP contribution in [-0.4, -0.2) is 11.8 Å². The molecule has 0 fully saturated rings. The van der Waals surface area contributed by atoms with Gasteiger partial charge in [-0.05, 0) is 24.8 Å². The molecule has 1 aliphatic rings. The van der Waals surface area contributed by atoms with E-state index in [1.807, 2.05) is 13.8 Å². The van der Waals surface area contributed by atoms with E-state index >= 15 is 0 Å². The number of nitrogens with one attached hydrogen (secondary N) is 1. The van der Waals surface area contributed by atoms with Gasteiger partial charge in [0.2, 0.25) is 5.91 Å². The molecule has 1 rings (SSSR count). The number of hydrogen-bond donors (Lipinski definition) is 2. The predicted octanol–water partition coefficient (Wildman–Crippen LogP) is 0.848. The van der Waals surface area contributed by atoms with E-state index in [9.17, 15) is 9.59 Å². The summed E-state index contributed by atoms with van der Waals surface area (Å²) in [6, 6.07) is 0. The number of amides is 2. The Morgan fingerprint density at radius 1 is 1.36 bits per heavy atom. The lowest BCUT2D eigenvalue weighted by atomic mass is 10.0. The summed E-state index contributed by atoms with van der Waals surface area (Å²) in [5, 5.41) is 2.21. The Balaban J connectivity index is 0.000000791. The first kappa shape index (κ1) is 12.4. The smallest absolute Gasteiger partial charge is 0.253 e. The molecule has 14 heavy (non-hydrogen) atoms. The van der Waals surface area contributed by atoms with Gasteiger partial charge >= 0.3 is 0 Å². The summed E-state index contributed by atoms with van der Waals surface area (Å²) in [6.07, 6.45) is 3.13. The van der Waals surface area contributed by atoms with Gasteiger partial charge in [0.25, 0.3) is 5.91 Å². The van der Waals surface area contributed by atoms with Crippen molar-refractivity contribution in [1.82, 2.24) is 5.32 Å². The van der Waals surface area contributed by atoms with Crippen molar-refractivity contribution in [2.75, 3.05) is 0 Å². The van der Waals surface area contributed by atoms with Crippen LogP contribution in [0.1, 0.15) is 27.2 Å². The first-order valence-corrected chi connectivity index (χ1v) is 4.57. The van der Waals surface area contributed by atoms with E-state index in [0.29, 0.717) is 11.1 Å². The van der Waals surface area contributed by atoms with Gasteiger partial charge in [-0.2, -0.15) is 0 Å². The number of hydrogen-bond acceptors (Lipinski definition) is 3. The van der Waals surface area contributed by atoms with E-state index in [2.05, 4.69) is 5.32 Å². The Bertz CT molecular complexity index is 290.